The Morgan fingerprint density at radius 2 is 1.55 bits per heavy atom. The maximum absolute atomic E-state index is 12.1. The van der Waals surface area contributed by atoms with Gasteiger partial charge in [0.15, 0.2) is 6.61 Å². The van der Waals surface area contributed by atoms with Crippen LogP contribution in [0.1, 0.15) is 23.6 Å². The lowest BCUT2D eigenvalue weighted by Crippen LogP contribution is -2.26. The Labute approximate surface area is 175 Å². The molecule has 0 heterocycles. The van der Waals surface area contributed by atoms with Crippen LogP contribution in [-0.2, 0) is 19.1 Å². The predicted octanol–water partition coefficient (Wildman–Crippen LogP) is 3.85. The fraction of sp³-hybridized carbons (Fsp3) is 0.318. The summed E-state index contributed by atoms with van der Waals surface area (Å²) in [6, 6.07) is 13.2. The Balaban J connectivity index is 1.73. The van der Waals surface area contributed by atoms with E-state index in [1.165, 1.54) is 0 Å². The molecule has 0 saturated carbocycles. The fourth-order valence-electron chi connectivity index (χ4n) is 2.54. The molecule has 1 atom stereocenters. The molecule has 2 N–H and O–H groups in total. The number of thioether (sulfide) groups is 1. The predicted molar refractivity (Wildman–Crippen MR) is 117 cm³/mol. The maximum Gasteiger partial charge on any atom is 0.319 e. The number of nitrogens with one attached hydrogen (secondary N) is 2. The van der Waals surface area contributed by atoms with Crippen LogP contribution < -0.4 is 10.6 Å². The van der Waals surface area contributed by atoms with Crippen LogP contribution in [0.15, 0.2) is 42.5 Å². The molecule has 2 aromatic rings. The first-order valence-electron chi connectivity index (χ1n) is 9.27. The normalized spacial score (nSPS) is 11.4. The standard InChI is InChI=1S/C22H26N2O4S/c1-14-8-10-18(11-9-14)23-20(26)13-29-17(4)22(27)28-12-19(25)24-21-15(2)6-5-7-16(21)3/h5-11,17H,12-13H2,1-4H3,(H,23,26)(H,24,25). The summed E-state index contributed by atoms with van der Waals surface area (Å²) in [6.07, 6.45) is 0. The van der Waals surface area contributed by atoms with Gasteiger partial charge in [0.05, 0.1) is 5.75 Å². The molecular weight excluding hydrogens is 388 g/mol. The van der Waals surface area contributed by atoms with E-state index in [0.717, 1.165) is 34.1 Å². The number of amides is 2. The molecule has 0 aliphatic carbocycles. The van der Waals surface area contributed by atoms with Crippen LogP contribution in [0.2, 0.25) is 0 Å². The Hall–Kier alpha value is -2.80. The van der Waals surface area contributed by atoms with Crippen molar-refractivity contribution in [1.82, 2.24) is 0 Å². The first-order valence-corrected chi connectivity index (χ1v) is 10.3. The minimum Gasteiger partial charge on any atom is -0.455 e. The smallest absolute Gasteiger partial charge is 0.319 e. The molecular formula is C22H26N2O4S. The van der Waals surface area contributed by atoms with Crippen molar-refractivity contribution in [3.05, 3.63) is 59.2 Å². The minimum atomic E-state index is -0.563. The van der Waals surface area contributed by atoms with E-state index in [4.69, 9.17) is 4.74 Å². The maximum atomic E-state index is 12.1. The van der Waals surface area contributed by atoms with Gasteiger partial charge in [-0.05, 0) is 51.0 Å². The first-order chi connectivity index (χ1) is 13.8. The third-order valence-electron chi connectivity index (χ3n) is 4.22. The largest absolute Gasteiger partial charge is 0.455 e. The summed E-state index contributed by atoms with van der Waals surface area (Å²) in [7, 11) is 0. The van der Waals surface area contributed by atoms with Crippen LogP contribution in [0.4, 0.5) is 11.4 Å². The number of aryl methyl sites for hydroxylation is 3. The van der Waals surface area contributed by atoms with E-state index in [1.807, 2.05) is 63.2 Å². The second-order valence-electron chi connectivity index (χ2n) is 6.79. The van der Waals surface area contributed by atoms with Crippen LogP contribution in [-0.4, -0.2) is 35.4 Å². The number of hydrogen-bond acceptors (Lipinski definition) is 5. The topological polar surface area (TPSA) is 84.5 Å². The number of esters is 1. The molecule has 0 bridgehead atoms. The molecule has 6 nitrogen and oxygen atoms in total. The van der Waals surface area contributed by atoms with Crippen LogP contribution in [0.3, 0.4) is 0 Å². The number of anilines is 2. The molecule has 2 aromatic carbocycles. The lowest BCUT2D eigenvalue weighted by atomic mass is 10.1. The van der Waals surface area contributed by atoms with Crippen molar-refractivity contribution in [2.75, 3.05) is 23.0 Å². The Bertz CT molecular complexity index is 861. The highest BCUT2D eigenvalue weighted by Gasteiger charge is 2.18. The number of benzene rings is 2. The number of para-hydroxylation sites is 1. The van der Waals surface area contributed by atoms with Gasteiger partial charge in [0.25, 0.3) is 5.91 Å². The zero-order valence-corrected chi connectivity index (χ0v) is 17.9. The van der Waals surface area contributed by atoms with Gasteiger partial charge in [-0.25, -0.2) is 0 Å². The van der Waals surface area contributed by atoms with Gasteiger partial charge < -0.3 is 15.4 Å². The molecule has 0 saturated heterocycles. The first kappa shape index (κ1) is 22.5. The number of ether oxygens (including phenoxy) is 1. The molecule has 7 heteroatoms. The Morgan fingerprint density at radius 1 is 0.931 bits per heavy atom. The number of rotatable bonds is 8. The summed E-state index contributed by atoms with van der Waals surface area (Å²) in [5.41, 5.74) is 4.42. The van der Waals surface area contributed by atoms with Gasteiger partial charge in [-0.3, -0.25) is 14.4 Å². The van der Waals surface area contributed by atoms with Gasteiger partial charge in [-0.15, -0.1) is 11.8 Å². The van der Waals surface area contributed by atoms with Crippen molar-refractivity contribution in [3.8, 4) is 0 Å². The van der Waals surface area contributed by atoms with E-state index in [9.17, 15) is 14.4 Å². The Morgan fingerprint density at radius 3 is 2.17 bits per heavy atom. The summed E-state index contributed by atoms with van der Waals surface area (Å²) in [5, 5.41) is 4.98. The number of carbonyl (C=O) groups is 3. The highest BCUT2D eigenvalue weighted by Crippen LogP contribution is 2.19. The van der Waals surface area contributed by atoms with Gasteiger partial charge in [-0.2, -0.15) is 0 Å². The number of hydrogen-bond donors (Lipinski definition) is 2. The summed E-state index contributed by atoms with van der Waals surface area (Å²) in [4.78, 5) is 36.2. The molecule has 154 valence electrons. The highest BCUT2D eigenvalue weighted by molar-refractivity contribution is 8.01. The van der Waals surface area contributed by atoms with Gasteiger partial charge in [0, 0.05) is 11.4 Å². The molecule has 2 amide bonds. The van der Waals surface area contributed by atoms with E-state index in [1.54, 1.807) is 6.92 Å². The van der Waals surface area contributed by atoms with Crippen molar-refractivity contribution < 1.29 is 19.1 Å². The van der Waals surface area contributed by atoms with E-state index in [2.05, 4.69) is 10.6 Å². The zero-order valence-electron chi connectivity index (χ0n) is 17.1. The molecule has 0 radical (unpaired) electrons. The molecule has 2 rings (SSSR count). The third-order valence-corrected chi connectivity index (χ3v) is 5.34. The van der Waals surface area contributed by atoms with Crippen LogP contribution >= 0.6 is 11.8 Å². The van der Waals surface area contributed by atoms with Crippen molar-refractivity contribution in [2.45, 2.75) is 32.9 Å². The molecule has 1 unspecified atom stereocenters. The lowest BCUT2D eigenvalue weighted by Gasteiger charge is -2.13. The average Bonchev–Trinajstić information content (AvgIpc) is 2.69. The fourth-order valence-corrected chi connectivity index (χ4v) is 3.22. The lowest BCUT2D eigenvalue weighted by molar-refractivity contribution is -0.146. The zero-order chi connectivity index (χ0) is 21.4. The second-order valence-corrected chi connectivity index (χ2v) is 8.12. The Kier molecular flexibility index (Phi) is 8.27. The van der Waals surface area contributed by atoms with E-state index < -0.39 is 17.1 Å². The van der Waals surface area contributed by atoms with Crippen LogP contribution in [0.25, 0.3) is 0 Å². The molecule has 0 aliphatic rings. The summed E-state index contributed by atoms with van der Waals surface area (Å²) in [6.45, 7) is 7.05. The van der Waals surface area contributed by atoms with Crippen molar-refractivity contribution in [2.24, 2.45) is 0 Å². The summed E-state index contributed by atoms with van der Waals surface area (Å²) < 4.78 is 5.08. The second kappa shape index (κ2) is 10.7. The van der Waals surface area contributed by atoms with Gasteiger partial charge in [-0.1, -0.05) is 35.9 Å². The summed E-state index contributed by atoms with van der Waals surface area (Å²) >= 11 is 1.16. The van der Waals surface area contributed by atoms with Crippen LogP contribution in [0.5, 0.6) is 0 Å². The highest BCUT2D eigenvalue weighted by atomic mass is 32.2. The monoisotopic (exact) mass is 414 g/mol. The van der Waals surface area contributed by atoms with Crippen molar-refractivity contribution in [1.29, 1.82) is 0 Å². The summed E-state index contributed by atoms with van der Waals surface area (Å²) in [5.74, 6) is -1.02. The van der Waals surface area contributed by atoms with Crippen molar-refractivity contribution >= 4 is 40.9 Å². The minimum absolute atomic E-state index is 0.110. The van der Waals surface area contributed by atoms with E-state index >= 15 is 0 Å². The molecule has 0 aliphatic heterocycles. The van der Waals surface area contributed by atoms with E-state index in [-0.39, 0.29) is 18.3 Å². The van der Waals surface area contributed by atoms with Gasteiger partial charge in [0.1, 0.15) is 5.25 Å². The molecule has 29 heavy (non-hydrogen) atoms. The molecule has 0 aromatic heterocycles. The molecule has 0 spiro atoms. The number of carbonyl (C=O) groups excluding carboxylic acids is 3. The van der Waals surface area contributed by atoms with Crippen LogP contribution in [0, 0.1) is 20.8 Å². The van der Waals surface area contributed by atoms with Gasteiger partial charge >= 0.3 is 5.97 Å². The SMILES string of the molecule is Cc1ccc(NC(=O)CSC(C)C(=O)OCC(=O)Nc2c(C)cccc2C)cc1. The average molecular weight is 415 g/mol. The van der Waals surface area contributed by atoms with E-state index in [0.29, 0.717) is 5.69 Å². The quantitative estimate of drug-likeness (QED) is 0.641. The third kappa shape index (κ3) is 7.27. The van der Waals surface area contributed by atoms with Gasteiger partial charge in [0.2, 0.25) is 5.91 Å². The molecule has 0 fully saturated rings. The van der Waals surface area contributed by atoms with Crippen molar-refractivity contribution in [3.63, 3.8) is 0 Å².